The van der Waals surface area contributed by atoms with Gasteiger partial charge in [0.2, 0.25) is 0 Å². The molecule has 1 aliphatic carbocycles. The number of carbonyl (C=O) groups is 1. The highest BCUT2D eigenvalue weighted by Gasteiger charge is 2.26. The summed E-state index contributed by atoms with van der Waals surface area (Å²) in [6, 6.07) is 5.85. The molecule has 0 radical (unpaired) electrons. The molecule has 2 nitrogen and oxygen atoms in total. The van der Waals surface area contributed by atoms with E-state index in [4.69, 9.17) is 0 Å². The highest BCUT2D eigenvalue weighted by molar-refractivity contribution is 9.10. The van der Waals surface area contributed by atoms with Gasteiger partial charge in [0.1, 0.15) is 0 Å². The average molecular weight is 310 g/mol. The normalized spacial score (nSPS) is 14.6. The maximum absolute atomic E-state index is 12.5. The fourth-order valence-electron chi connectivity index (χ4n) is 2.12. The molecular weight excluding hydrogens is 290 g/mol. The monoisotopic (exact) mass is 309 g/mol. The Bertz CT molecular complexity index is 440. The SMILES string of the molecule is CCCN(CC1CC1)C(=O)c1ccc(Br)c(C)c1. The molecule has 0 aromatic heterocycles. The predicted molar refractivity (Wildman–Crippen MR) is 77.8 cm³/mol. The van der Waals surface area contributed by atoms with E-state index in [1.165, 1.54) is 12.8 Å². The molecule has 1 saturated carbocycles. The van der Waals surface area contributed by atoms with Crippen LogP contribution < -0.4 is 0 Å². The van der Waals surface area contributed by atoms with Gasteiger partial charge < -0.3 is 4.90 Å². The van der Waals surface area contributed by atoms with Gasteiger partial charge in [0, 0.05) is 23.1 Å². The first-order valence-electron chi connectivity index (χ1n) is 6.67. The van der Waals surface area contributed by atoms with E-state index >= 15 is 0 Å². The summed E-state index contributed by atoms with van der Waals surface area (Å²) in [5.41, 5.74) is 1.92. The third kappa shape index (κ3) is 3.35. The van der Waals surface area contributed by atoms with E-state index in [-0.39, 0.29) is 5.91 Å². The van der Waals surface area contributed by atoms with Crippen molar-refractivity contribution in [2.75, 3.05) is 13.1 Å². The zero-order chi connectivity index (χ0) is 13.1. The molecular formula is C15H20BrNO. The summed E-state index contributed by atoms with van der Waals surface area (Å²) in [6.07, 6.45) is 3.59. The molecule has 0 saturated heterocycles. The summed E-state index contributed by atoms with van der Waals surface area (Å²) in [7, 11) is 0. The zero-order valence-corrected chi connectivity index (χ0v) is 12.7. The minimum Gasteiger partial charge on any atom is -0.338 e. The van der Waals surface area contributed by atoms with Crippen molar-refractivity contribution in [3.05, 3.63) is 33.8 Å². The Morgan fingerprint density at radius 1 is 1.44 bits per heavy atom. The van der Waals surface area contributed by atoms with E-state index in [0.717, 1.165) is 41.0 Å². The summed E-state index contributed by atoms with van der Waals surface area (Å²) >= 11 is 3.47. The molecule has 1 amide bonds. The molecule has 0 unspecified atom stereocenters. The number of benzene rings is 1. The molecule has 0 spiro atoms. The van der Waals surface area contributed by atoms with Gasteiger partial charge in [-0.3, -0.25) is 4.79 Å². The van der Waals surface area contributed by atoms with E-state index < -0.39 is 0 Å². The topological polar surface area (TPSA) is 20.3 Å². The van der Waals surface area contributed by atoms with Crippen LogP contribution in [0, 0.1) is 12.8 Å². The summed E-state index contributed by atoms with van der Waals surface area (Å²) < 4.78 is 1.06. The largest absolute Gasteiger partial charge is 0.338 e. The fraction of sp³-hybridized carbons (Fsp3) is 0.533. The highest BCUT2D eigenvalue weighted by atomic mass is 79.9. The van der Waals surface area contributed by atoms with Crippen molar-refractivity contribution in [3.8, 4) is 0 Å². The van der Waals surface area contributed by atoms with Crippen LogP contribution in [0.3, 0.4) is 0 Å². The number of hydrogen-bond acceptors (Lipinski definition) is 1. The lowest BCUT2D eigenvalue weighted by atomic mass is 10.1. The summed E-state index contributed by atoms with van der Waals surface area (Å²) in [6.45, 7) is 5.94. The Balaban J connectivity index is 2.12. The number of amides is 1. The van der Waals surface area contributed by atoms with Gasteiger partial charge in [0.05, 0.1) is 0 Å². The molecule has 1 aromatic rings. The van der Waals surface area contributed by atoms with Gasteiger partial charge in [-0.25, -0.2) is 0 Å². The van der Waals surface area contributed by atoms with Crippen LogP contribution in [-0.4, -0.2) is 23.9 Å². The molecule has 1 aliphatic rings. The molecule has 0 heterocycles. The Labute approximate surface area is 117 Å². The number of halogens is 1. The lowest BCUT2D eigenvalue weighted by molar-refractivity contribution is 0.0747. The summed E-state index contributed by atoms with van der Waals surface area (Å²) in [5, 5.41) is 0. The van der Waals surface area contributed by atoms with Crippen LogP contribution in [0.25, 0.3) is 0 Å². The quantitative estimate of drug-likeness (QED) is 0.804. The van der Waals surface area contributed by atoms with Crippen molar-refractivity contribution in [2.45, 2.75) is 33.1 Å². The zero-order valence-electron chi connectivity index (χ0n) is 11.1. The van der Waals surface area contributed by atoms with Crippen molar-refractivity contribution < 1.29 is 4.79 Å². The minimum absolute atomic E-state index is 0.180. The number of carbonyl (C=O) groups excluding carboxylic acids is 1. The van der Waals surface area contributed by atoms with Crippen molar-refractivity contribution in [1.29, 1.82) is 0 Å². The first kappa shape index (κ1) is 13.6. The predicted octanol–water partition coefficient (Wildman–Crippen LogP) is 4.02. The van der Waals surface area contributed by atoms with Gasteiger partial charge in [-0.05, 0) is 55.9 Å². The van der Waals surface area contributed by atoms with Crippen LogP contribution in [0.5, 0.6) is 0 Å². The van der Waals surface area contributed by atoms with Crippen molar-refractivity contribution in [2.24, 2.45) is 5.92 Å². The third-order valence-electron chi connectivity index (χ3n) is 3.36. The second-order valence-electron chi connectivity index (χ2n) is 5.16. The second kappa shape index (κ2) is 5.87. The van der Waals surface area contributed by atoms with Crippen LogP contribution in [0.4, 0.5) is 0 Å². The molecule has 0 aliphatic heterocycles. The second-order valence-corrected chi connectivity index (χ2v) is 6.01. The van der Waals surface area contributed by atoms with E-state index in [0.29, 0.717) is 0 Å². The van der Waals surface area contributed by atoms with Crippen molar-refractivity contribution in [3.63, 3.8) is 0 Å². The molecule has 1 fully saturated rings. The molecule has 0 bridgehead atoms. The molecule has 0 atom stereocenters. The number of aryl methyl sites for hydroxylation is 1. The van der Waals surface area contributed by atoms with Crippen LogP contribution in [-0.2, 0) is 0 Å². The van der Waals surface area contributed by atoms with Crippen LogP contribution in [0.1, 0.15) is 42.1 Å². The molecule has 3 heteroatoms. The van der Waals surface area contributed by atoms with Crippen LogP contribution in [0.15, 0.2) is 22.7 Å². The maximum Gasteiger partial charge on any atom is 0.253 e. The number of rotatable bonds is 5. The van der Waals surface area contributed by atoms with E-state index in [1.54, 1.807) is 0 Å². The highest BCUT2D eigenvalue weighted by Crippen LogP contribution is 2.30. The van der Waals surface area contributed by atoms with Crippen LogP contribution in [0.2, 0.25) is 0 Å². The van der Waals surface area contributed by atoms with E-state index in [9.17, 15) is 4.79 Å². The Hall–Kier alpha value is -0.830. The molecule has 18 heavy (non-hydrogen) atoms. The van der Waals surface area contributed by atoms with Gasteiger partial charge >= 0.3 is 0 Å². The van der Waals surface area contributed by atoms with Crippen LogP contribution >= 0.6 is 15.9 Å². The average Bonchev–Trinajstić information content (AvgIpc) is 3.15. The standard InChI is InChI=1S/C15H20BrNO/c1-3-8-17(10-12-4-5-12)15(18)13-6-7-14(16)11(2)9-13/h6-7,9,12H,3-5,8,10H2,1-2H3. The maximum atomic E-state index is 12.5. The summed E-state index contributed by atoms with van der Waals surface area (Å²) in [4.78, 5) is 14.5. The van der Waals surface area contributed by atoms with Gasteiger partial charge in [0.25, 0.3) is 5.91 Å². The van der Waals surface area contributed by atoms with E-state index in [2.05, 4.69) is 22.9 Å². The Morgan fingerprint density at radius 3 is 2.72 bits per heavy atom. The smallest absolute Gasteiger partial charge is 0.253 e. The molecule has 0 N–H and O–H groups in total. The van der Waals surface area contributed by atoms with E-state index in [1.807, 2.05) is 30.0 Å². The fourth-order valence-corrected chi connectivity index (χ4v) is 2.36. The van der Waals surface area contributed by atoms with Crippen molar-refractivity contribution >= 4 is 21.8 Å². The van der Waals surface area contributed by atoms with Gasteiger partial charge in [-0.15, -0.1) is 0 Å². The molecule has 1 aromatic carbocycles. The third-order valence-corrected chi connectivity index (χ3v) is 4.25. The lowest BCUT2D eigenvalue weighted by Crippen LogP contribution is -2.33. The Kier molecular flexibility index (Phi) is 4.44. The first-order chi connectivity index (χ1) is 8.61. The minimum atomic E-state index is 0.180. The number of nitrogens with zero attached hydrogens (tertiary/aromatic N) is 1. The first-order valence-corrected chi connectivity index (χ1v) is 7.46. The van der Waals surface area contributed by atoms with Gasteiger partial charge in [-0.1, -0.05) is 22.9 Å². The van der Waals surface area contributed by atoms with Gasteiger partial charge in [0.15, 0.2) is 0 Å². The van der Waals surface area contributed by atoms with Gasteiger partial charge in [-0.2, -0.15) is 0 Å². The molecule has 2 rings (SSSR count). The summed E-state index contributed by atoms with van der Waals surface area (Å²) in [5.74, 6) is 0.927. The van der Waals surface area contributed by atoms with Crippen molar-refractivity contribution in [1.82, 2.24) is 4.90 Å². The lowest BCUT2D eigenvalue weighted by Gasteiger charge is -2.22. The Morgan fingerprint density at radius 2 is 2.17 bits per heavy atom. The number of hydrogen-bond donors (Lipinski definition) is 0. The molecule has 98 valence electrons.